The van der Waals surface area contributed by atoms with Gasteiger partial charge in [-0.2, -0.15) is 5.26 Å². The minimum atomic E-state index is -0.329. The quantitative estimate of drug-likeness (QED) is 0.668. The molecule has 0 bridgehead atoms. The smallest absolute Gasteiger partial charge is 0.234 e. The predicted molar refractivity (Wildman–Crippen MR) is 46.3 cm³/mol. The molecule has 1 amide bonds. The molecule has 3 nitrogen and oxygen atoms in total. The molecular weight excluding hydrogens is 208 g/mol. The Morgan fingerprint density at radius 2 is 2.36 bits per heavy atom. The Labute approximate surface area is 75.1 Å². The summed E-state index contributed by atoms with van der Waals surface area (Å²) in [7, 11) is 0. The molecule has 0 N–H and O–H groups in total. The van der Waals surface area contributed by atoms with E-state index in [-0.39, 0.29) is 17.3 Å². The summed E-state index contributed by atoms with van der Waals surface area (Å²) >= 11 is 3.05. The molecule has 0 unspecified atom stereocenters. The van der Waals surface area contributed by atoms with Crippen molar-refractivity contribution in [2.75, 3.05) is 11.9 Å². The highest BCUT2D eigenvalue weighted by atomic mass is 79.9. The van der Waals surface area contributed by atoms with Gasteiger partial charge in [-0.25, -0.2) is 0 Å². The van der Waals surface area contributed by atoms with Gasteiger partial charge in [0.1, 0.15) is 6.04 Å². The Morgan fingerprint density at radius 3 is 2.64 bits per heavy atom. The number of amides is 1. The van der Waals surface area contributed by atoms with Crippen LogP contribution < -0.4 is 0 Å². The Kier molecular flexibility index (Phi) is 4.88. The van der Waals surface area contributed by atoms with Gasteiger partial charge in [-0.1, -0.05) is 15.9 Å². The fourth-order valence-electron chi connectivity index (χ4n) is 0.813. The van der Waals surface area contributed by atoms with Crippen molar-refractivity contribution in [2.24, 2.45) is 0 Å². The van der Waals surface area contributed by atoms with Crippen LogP contribution in [0.3, 0.4) is 0 Å². The zero-order chi connectivity index (χ0) is 8.85. The Morgan fingerprint density at radius 1 is 1.82 bits per heavy atom. The fraction of sp³-hybridized carbons (Fsp3) is 0.714. The molecule has 0 aliphatic heterocycles. The maximum Gasteiger partial charge on any atom is 0.234 e. The third-order valence-electron chi connectivity index (χ3n) is 1.43. The van der Waals surface area contributed by atoms with Crippen molar-refractivity contribution < 1.29 is 4.79 Å². The van der Waals surface area contributed by atoms with E-state index < -0.39 is 0 Å². The van der Waals surface area contributed by atoms with Crippen molar-refractivity contribution in [1.29, 1.82) is 5.26 Å². The lowest BCUT2D eigenvalue weighted by Gasteiger charge is -2.21. The number of hydrogen-bond donors (Lipinski definition) is 0. The number of carbonyl (C=O) groups is 1. The monoisotopic (exact) mass is 218 g/mol. The lowest BCUT2D eigenvalue weighted by Crippen LogP contribution is -2.38. The lowest BCUT2D eigenvalue weighted by atomic mass is 10.3. The molecule has 62 valence electrons. The number of carbonyl (C=O) groups excluding carboxylic acids is 1. The van der Waals surface area contributed by atoms with E-state index in [0.29, 0.717) is 6.54 Å². The molecule has 0 saturated heterocycles. The highest BCUT2D eigenvalue weighted by molar-refractivity contribution is 9.09. The van der Waals surface area contributed by atoms with Crippen molar-refractivity contribution in [3.63, 3.8) is 0 Å². The van der Waals surface area contributed by atoms with Crippen LogP contribution in [0, 0.1) is 11.3 Å². The number of nitriles is 1. The summed E-state index contributed by atoms with van der Waals surface area (Å²) in [6.07, 6.45) is 0. The van der Waals surface area contributed by atoms with Crippen LogP contribution in [-0.2, 0) is 4.79 Å². The zero-order valence-electron chi connectivity index (χ0n) is 6.67. The number of hydrogen-bond acceptors (Lipinski definition) is 2. The topological polar surface area (TPSA) is 44.1 Å². The van der Waals surface area contributed by atoms with Gasteiger partial charge in [0.15, 0.2) is 0 Å². The molecule has 11 heavy (non-hydrogen) atoms. The van der Waals surface area contributed by atoms with Gasteiger partial charge in [0, 0.05) is 6.54 Å². The molecule has 0 fully saturated rings. The SMILES string of the molecule is CCN(C(=O)CBr)[C@@H](C)C#N. The van der Waals surface area contributed by atoms with E-state index in [9.17, 15) is 4.79 Å². The first-order valence-corrected chi connectivity index (χ1v) is 4.54. The van der Waals surface area contributed by atoms with E-state index in [0.717, 1.165) is 0 Å². The summed E-state index contributed by atoms with van der Waals surface area (Å²) < 4.78 is 0. The van der Waals surface area contributed by atoms with Crippen LogP contribution in [-0.4, -0.2) is 28.7 Å². The molecule has 0 aliphatic carbocycles. The summed E-state index contributed by atoms with van der Waals surface area (Å²) in [6.45, 7) is 4.15. The van der Waals surface area contributed by atoms with Gasteiger partial charge in [-0.15, -0.1) is 0 Å². The number of nitrogens with zero attached hydrogens (tertiary/aromatic N) is 2. The van der Waals surface area contributed by atoms with Gasteiger partial charge < -0.3 is 4.90 Å². The molecule has 0 heterocycles. The van der Waals surface area contributed by atoms with Crippen molar-refractivity contribution in [1.82, 2.24) is 4.90 Å². The average Bonchev–Trinajstić information content (AvgIpc) is 2.05. The van der Waals surface area contributed by atoms with Crippen LogP contribution in [0.4, 0.5) is 0 Å². The van der Waals surface area contributed by atoms with Gasteiger partial charge in [0.05, 0.1) is 11.4 Å². The molecule has 0 aromatic heterocycles. The first-order chi connectivity index (χ1) is 5.17. The molecule has 4 heteroatoms. The molecule has 0 spiro atoms. The van der Waals surface area contributed by atoms with E-state index in [1.165, 1.54) is 4.90 Å². The molecule has 0 aliphatic rings. The summed E-state index contributed by atoms with van der Waals surface area (Å²) in [5.74, 6) is -0.0402. The van der Waals surface area contributed by atoms with E-state index in [2.05, 4.69) is 15.9 Å². The fourth-order valence-corrected chi connectivity index (χ4v) is 1.13. The van der Waals surface area contributed by atoms with Gasteiger partial charge >= 0.3 is 0 Å². The van der Waals surface area contributed by atoms with Crippen molar-refractivity contribution >= 4 is 21.8 Å². The van der Waals surface area contributed by atoms with Crippen LogP contribution in [0.25, 0.3) is 0 Å². The van der Waals surface area contributed by atoms with Crippen molar-refractivity contribution in [3.05, 3.63) is 0 Å². The normalized spacial score (nSPS) is 11.8. The van der Waals surface area contributed by atoms with E-state index in [4.69, 9.17) is 5.26 Å². The molecule has 0 saturated carbocycles. The number of alkyl halides is 1. The molecular formula is C7H11BrN2O. The van der Waals surface area contributed by atoms with Crippen LogP contribution in [0.1, 0.15) is 13.8 Å². The zero-order valence-corrected chi connectivity index (χ0v) is 8.26. The minimum absolute atomic E-state index is 0.0402. The van der Waals surface area contributed by atoms with Crippen LogP contribution >= 0.6 is 15.9 Å². The van der Waals surface area contributed by atoms with E-state index in [1.54, 1.807) is 6.92 Å². The van der Waals surface area contributed by atoms with Crippen LogP contribution in [0.15, 0.2) is 0 Å². The first kappa shape index (κ1) is 10.4. The third-order valence-corrected chi connectivity index (χ3v) is 1.91. The van der Waals surface area contributed by atoms with Gasteiger partial charge in [-0.3, -0.25) is 4.79 Å². The van der Waals surface area contributed by atoms with E-state index in [1.807, 2.05) is 13.0 Å². The predicted octanol–water partition coefficient (Wildman–Crippen LogP) is 1.14. The lowest BCUT2D eigenvalue weighted by molar-refractivity contribution is -0.129. The molecule has 0 rings (SSSR count). The maximum atomic E-state index is 11.1. The van der Waals surface area contributed by atoms with Crippen LogP contribution in [0.5, 0.6) is 0 Å². The summed E-state index contributed by atoms with van der Waals surface area (Å²) in [4.78, 5) is 12.6. The standard InChI is InChI=1S/C7H11BrN2O/c1-3-10(6(2)5-9)7(11)4-8/h6H,3-4H2,1-2H3/t6-/m0/s1. The summed E-state index contributed by atoms with van der Waals surface area (Å²) in [5, 5.41) is 8.81. The van der Waals surface area contributed by atoms with Gasteiger partial charge in [0.2, 0.25) is 5.91 Å². The van der Waals surface area contributed by atoms with Crippen molar-refractivity contribution in [2.45, 2.75) is 19.9 Å². The molecule has 0 aromatic carbocycles. The second-order valence-corrected chi connectivity index (χ2v) is 2.68. The molecule has 0 aromatic rings. The van der Waals surface area contributed by atoms with Gasteiger partial charge in [0.25, 0.3) is 0 Å². The Bertz CT molecular complexity index is 176. The largest absolute Gasteiger partial charge is 0.327 e. The van der Waals surface area contributed by atoms with Crippen LogP contribution in [0.2, 0.25) is 0 Å². The third kappa shape index (κ3) is 2.89. The number of rotatable bonds is 3. The van der Waals surface area contributed by atoms with Gasteiger partial charge in [-0.05, 0) is 13.8 Å². The Hall–Kier alpha value is -0.560. The maximum absolute atomic E-state index is 11.1. The minimum Gasteiger partial charge on any atom is -0.327 e. The highest BCUT2D eigenvalue weighted by Gasteiger charge is 2.15. The Balaban J connectivity index is 4.18. The second kappa shape index (κ2) is 5.14. The summed E-state index contributed by atoms with van der Waals surface area (Å²) in [6, 6.07) is 1.69. The van der Waals surface area contributed by atoms with E-state index >= 15 is 0 Å². The first-order valence-electron chi connectivity index (χ1n) is 3.42. The average molecular weight is 219 g/mol. The summed E-state index contributed by atoms with van der Waals surface area (Å²) in [5.41, 5.74) is 0. The number of halogens is 1. The second-order valence-electron chi connectivity index (χ2n) is 2.12. The molecule has 0 radical (unpaired) electrons. The van der Waals surface area contributed by atoms with Crippen molar-refractivity contribution in [3.8, 4) is 6.07 Å². The molecule has 1 atom stereocenters. The highest BCUT2D eigenvalue weighted by Crippen LogP contribution is 1.99.